The molecule has 5 rings (SSSR count). The van der Waals surface area contributed by atoms with Crippen LogP contribution in [0.4, 0.5) is 5.69 Å². The van der Waals surface area contributed by atoms with Gasteiger partial charge in [0.15, 0.2) is 5.82 Å². The third-order valence-electron chi connectivity index (χ3n) is 5.32. The Balaban J connectivity index is 1.45. The quantitative estimate of drug-likeness (QED) is 0.608. The second kappa shape index (κ2) is 7.54. The summed E-state index contributed by atoms with van der Waals surface area (Å²) in [6.45, 7) is 0. The smallest absolute Gasteiger partial charge is 0.257 e. The van der Waals surface area contributed by atoms with E-state index in [0.29, 0.717) is 39.6 Å². The molecule has 0 bridgehead atoms. The van der Waals surface area contributed by atoms with Crippen LogP contribution in [0, 0.1) is 11.3 Å². The standard InChI is InChI=1S/C21H19N7OS/c1-30-21-17(11-22)16(10-18(24-21)12-5-6-12)20(29)23-14-4-2-3-13(9-14)19-25-26-27-28(19)15-7-8-15/h2-4,9-10,12,15H,5-8H2,1H3,(H,23,29). The van der Waals surface area contributed by atoms with Crippen LogP contribution in [0.2, 0.25) is 0 Å². The first-order chi connectivity index (χ1) is 14.7. The summed E-state index contributed by atoms with van der Waals surface area (Å²) in [5.74, 6) is 0.765. The van der Waals surface area contributed by atoms with E-state index in [1.54, 1.807) is 6.07 Å². The predicted molar refractivity (Wildman–Crippen MR) is 112 cm³/mol. The number of thioether (sulfide) groups is 1. The SMILES string of the molecule is CSc1nc(C2CC2)cc(C(=O)Nc2cccc(-c3nnnn3C3CC3)c2)c1C#N. The molecule has 0 saturated heterocycles. The van der Waals surface area contributed by atoms with Gasteiger partial charge in [-0.05, 0) is 60.6 Å². The highest BCUT2D eigenvalue weighted by Gasteiger charge is 2.29. The number of amides is 1. The maximum atomic E-state index is 13.1. The lowest BCUT2D eigenvalue weighted by Gasteiger charge is -2.12. The van der Waals surface area contributed by atoms with Gasteiger partial charge in [-0.15, -0.1) is 16.9 Å². The second-order valence-electron chi connectivity index (χ2n) is 7.58. The van der Waals surface area contributed by atoms with E-state index < -0.39 is 0 Å². The van der Waals surface area contributed by atoms with Gasteiger partial charge in [0.25, 0.3) is 5.91 Å². The molecule has 1 N–H and O–H groups in total. The monoisotopic (exact) mass is 417 g/mol. The van der Waals surface area contributed by atoms with Gasteiger partial charge in [-0.25, -0.2) is 9.67 Å². The topological polar surface area (TPSA) is 109 Å². The number of nitriles is 1. The van der Waals surface area contributed by atoms with E-state index in [1.165, 1.54) is 11.8 Å². The summed E-state index contributed by atoms with van der Waals surface area (Å²) in [5, 5.41) is 25.2. The van der Waals surface area contributed by atoms with Crippen LogP contribution >= 0.6 is 11.8 Å². The zero-order valence-electron chi connectivity index (χ0n) is 16.4. The molecular weight excluding hydrogens is 398 g/mol. The summed E-state index contributed by atoms with van der Waals surface area (Å²) in [7, 11) is 0. The fourth-order valence-corrected chi connectivity index (χ4v) is 4.00. The summed E-state index contributed by atoms with van der Waals surface area (Å²) in [4.78, 5) is 17.7. The van der Waals surface area contributed by atoms with Crippen LogP contribution in [-0.4, -0.2) is 37.4 Å². The summed E-state index contributed by atoms with van der Waals surface area (Å²) < 4.78 is 1.84. The van der Waals surface area contributed by atoms with Gasteiger partial charge < -0.3 is 5.32 Å². The summed E-state index contributed by atoms with van der Waals surface area (Å²) >= 11 is 1.39. The highest BCUT2D eigenvalue weighted by molar-refractivity contribution is 7.98. The fraction of sp³-hybridized carbons (Fsp3) is 0.333. The van der Waals surface area contributed by atoms with Crippen molar-refractivity contribution >= 4 is 23.4 Å². The number of anilines is 1. The Kier molecular flexibility index (Phi) is 4.71. The summed E-state index contributed by atoms with van der Waals surface area (Å²) in [6.07, 6.45) is 6.18. The first-order valence-electron chi connectivity index (χ1n) is 9.86. The lowest BCUT2D eigenvalue weighted by molar-refractivity contribution is 0.102. The first-order valence-corrected chi connectivity index (χ1v) is 11.1. The minimum atomic E-state index is -0.315. The highest BCUT2D eigenvalue weighted by atomic mass is 32.2. The van der Waals surface area contributed by atoms with Gasteiger partial charge >= 0.3 is 0 Å². The maximum Gasteiger partial charge on any atom is 0.257 e. The maximum absolute atomic E-state index is 13.1. The van der Waals surface area contributed by atoms with Gasteiger partial charge in [-0.1, -0.05) is 12.1 Å². The zero-order chi connectivity index (χ0) is 20.7. The number of tetrazole rings is 1. The Morgan fingerprint density at radius 3 is 2.80 bits per heavy atom. The van der Waals surface area contributed by atoms with Crippen LogP contribution < -0.4 is 5.32 Å². The number of rotatable bonds is 6. The van der Waals surface area contributed by atoms with Crippen molar-refractivity contribution in [3.63, 3.8) is 0 Å². The Bertz CT molecular complexity index is 1170. The molecule has 0 atom stereocenters. The van der Waals surface area contributed by atoms with Crippen LogP contribution in [0.1, 0.15) is 59.3 Å². The van der Waals surface area contributed by atoms with E-state index in [4.69, 9.17) is 0 Å². The predicted octanol–water partition coefficient (Wildman–Crippen LogP) is 3.79. The zero-order valence-corrected chi connectivity index (χ0v) is 17.2. The van der Waals surface area contributed by atoms with Crippen molar-refractivity contribution in [2.45, 2.75) is 42.7 Å². The van der Waals surface area contributed by atoms with E-state index in [0.717, 1.165) is 36.9 Å². The molecule has 30 heavy (non-hydrogen) atoms. The number of hydrogen-bond acceptors (Lipinski definition) is 7. The molecule has 2 saturated carbocycles. The van der Waals surface area contributed by atoms with Crippen molar-refractivity contribution in [1.82, 2.24) is 25.2 Å². The van der Waals surface area contributed by atoms with Gasteiger partial charge in [-0.2, -0.15) is 5.26 Å². The van der Waals surface area contributed by atoms with Crippen molar-refractivity contribution < 1.29 is 4.79 Å². The van der Waals surface area contributed by atoms with Crippen molar-refractivity contribution in [3.8, 4) is 17.5 Å². The molecule has 2 aromatic heterocycles. The molecule has 9 heteroatoms. The fourth-order valence-electron chi connectivity index (χ4n) is 3.45. The molecule has 2 aliphatic carbocycles. The Hall–Kier alpha value is -3.25. The van der Waals surface area contributed by atoms with Gasteiger partial charge in [0.1, 0.15) is 11.1 Å². The van der Waals surface area contributed by atoms with Crippen molar-refractivity contribution in [2.24, 2.45) is 0 Å². The molecule has 0 aliphatic heterocycles. The molecule has 0 spiro atoms. The number of aromatic nitrogens is 5. The summed E-state index contributed by atoms with van der Waals surface area (Å²) in [6, 6.07) is 11.7. The van der Waals surface area contributed by atoms with E-state index in [2.05, 4.69) is 31.9 Å². The lowest BCUT2D eigenvalue weighted by atomic mass is 10.1. The van der Waals surface area contributed by atoms with Gasteiger partial charge in [0, 0.05) is 22.9 Å². The number of carbonyl (C=O) groups excluding carboxylic acids is 1. The molecule has 150 valence electrons. The molecule has 1 aromatic carbocycles. The first kappa shape index (κ1) is 18.8. The van der Waals surface area contributed by atoms with Crippen molar-refractivity contribution in [2.75, 3.05) is 11.6 Å². The average molecular weight is 417 g/mol. The Morgan fingerprint density at radius 2 is 2.10 bits per heavy atom. The molecule has 2 fully saturated rings. The number of pyridine rings is 1. The van der Waals surface area contributed by atoms with E-state index >= 15 is 0 Å². The van der Waals surface area contributed by atoms with Crippen molar-refractivity contribution in [3.05, 3.63) is 47.2 Å². The van der Waals surface area contributed by atoms with E-state index in [-0.39, 0.29) is 5.91 Å². The largest absolute Gasteiger partial charge is 0.322 e. The Labute approximate surface area is 177 Å². The molecule has 2 aliphatic rings. The Morgan fingerprint density at radius 1 is 1.27 bits per heavy atom. The minimum absolute atomic E-state index is 0.315. The number of carbonyl (C=O) groups is 1. The normalized spacial score (nSPS) is 15.6. The molecule has 3 aromatic rings. The number of benzene rings is 1. The van der Waals surface area contributed by atoms with E-state index in [9.17, 15) is 10.1 Å². The van der Waals surface area contributed by atoms with Crippen LogP contribution in [-0.2, 0) is 0 Å². The average Bonchev–Trinajstić information content (AvgIpc) is 3.71. The van der Waals surface area contributed by atoms with Crippen molar-refractivity contribution in [1.29, 1.82) is 5.26 Å². The molecule has 1 amide bonds. The van der Waals surface area contributed by atoms with Gasteiger partial charge in [-0.3, -0.25) is 4.79 Å². The van der Waals surface area contributed by atoms with E-state index in [1.807, 2.05) is 35.2 Å². The molecule has 0 unspecified atom stereocenters. The molecule has 2 heterocycles. The molecule has 0 radical (unpaired) electrons. The van der Waals surface area contributed by atoms with Gasteiger partial charge in [0.2, 0.25) is 0 Å². The van der Waals surface area contributed by atoms with Crippen LogP contribution in [0.3, 0.4) is 0 Å². The number of hydrogen-bond donors (Lipinski definition) is 1. The molecular formula is C21H19N7OS. The van der Waals surface area contributed by atoms with Gasteiger partial charge in [0.05, 0.1) is 17.2 Å². The second-order valence-corrected chi connectivity index (χ2v) is 8.37. The van der Waals surface area contributed by atoms with Crippen LogP contribution in [0.25, 0.3) is 11.4 Å². The van der Waals surface area contributed by atoms with Crippen LogP contribution in [0.5, 0.6) is 0 Å². The number of nitrogens with zero attached hydrogens (tertiary/aromatic N) is 6. The molecule has 8 nitrogen and oxygen atoms in total. The third-order valence-corrected chi connectivity index (χ3v) is 6.00. The number of nitrogens with one attached hydrogen (secondary N) is 1. The lowest BCUT2D eigenvalue weighted by Crippen LogP contribution is -2.15. The highest BCUT2D eigenvalue weighted by Crippen LogP contribution is 2.41. The minimum Gasteiger partial charge on any atom is -0.322 e. The van der Waals surface area contributed by atoms with Crippen LogP contribution in [0.15, 0.2) is 35.4 Å². The summed E-state index contributed by atoms with van der Waals surface area (Å²) in [5.41, 5.74) is 3.04. The third kappa shape index (κ3) is 3.55.